The highest BCUT2D eigenvalue weighted by Crippen LogP contribution is 2.61. The number of nitrogens with zero attached hydrogens (tertiary/aromatic N) is 1. The molecule has 1 heterocycles. The number of likely N-dealkylation sites (tertiary alicyclic amines) is 1. The Morgan fingerprint density at radius 3 is 2.47 bits per heavy atom. The maximum atomic E-state index is 13.1. The number of hydrogen-bond donors (Lipinski definition) is 1. The van der Waals surface area contributed by atoms with Crippen molar-refractivity contribution in [3.8, 4) is 0 Å². The molecule has 2 aromatic carbocycles. The summed E-state index contributed by atoms with van der Waals surface area (Å²) in [6, 6.07) is 14.9. The van der Waals surface area contributed by atoms with Crippen molar-refractivity contribution in [3.63, 3.8) is 0 Å². The first kappa shape index (κ1) is 19.6. The summed E-state index contributed by atoms with van der Waals surface area (Å²) in [4.78, 5) is 39.8. The summed E-state index contributed by atoms with van der Waals surface area (Å²) < 4.78 is 0. The number of rotatable bonds is 4. The van der Waals surface area contributed by atoms with Gasteiger partial charge in [-0.25, -0.2) is 0 Å². The maximum absolute atomic E-state index is 13.1. The second-order valence-corrected chi connectivity index (χ2v) is 9.24. The van der Waals surface area contributed by atoms with E-state index in [1.54, 1.807) is 12.1 Å². The van der Waals surface area contributed by atoms with E-state index in [0.717, 1.165) is 17.7 Å². The summed E-state index contributed by atoms with van der Waals surface area (Å²) in [7, 11) is 0. The highest BCUT2D eigenvalue weighted by atomic mass is 35.5. The van der Waals surface area contributed by atoms with Gasteiger partial charge in [0.15, 0.2) is 0 Å². The molecule has 0 aromatic heterocycles. The number of anilines is 1. The van der Waals surface area contributed by atoms with Crippen LogP contribution in [0.1, 0.15) is 24.3 Å². The average molecular weight is 443 g/mol. The fraction of sp³-hybridized carbons (Fsp3) is 0.348. The van der Waals surface area contributed by atoms with Crippen LogP contribution in [0.4, 0.5) is 5.69 Å². The highest BCUT2D eigenvalue weighted by Gasteiger charge is 2.63. The van der Waals surface area contributed by atoms with Crippen molar-refractivity contribution in [2.45, 2.75) is 18.8 Å². The minimum atomic E-state index is -0.451. The summed E-state index contributed by atoms with van der Waals surface area (Å²) >= 11 is 12.0. The summed E-state index contributed by atoms with van der Waals surface area (Å²) in [5.74, 6) is -0.790. The topological polar surface area (TPSA) is 66.5 Å². The van der Waals surface area contributed by atoms with Gasteiger partial charge in [-0.3, -0.25) is 19.3 Å². The number of hydrogen-bond acceptors (Lipinski definition) is 3. The van der Waals surface area contributed by atoms with Gasteiger partial charge in [0.1, 0.15) is 6.54 Å². The predicted molar refractivity (Wildman–Crippen MR) is 114 cm³/mol. The van der Waals surface area contributed by atoms with Crippen LogP contribution in [-0.4, -0.2) is 29.2 Å². The molecule has 1 aliphatic heterocycles. The first-order valence-corrected chi connectivity index (χ1v) is 10.8. The van der Waals surface area contributed by atoms with E-state index in [0.29, 0.717) is 21.7 Å². The fourth-order valence-corrected chi connectivity index (χ4v) is 6.14. The van der Waals surface area contributed by atoms with Crippen LogP contribution in [0.25, 0.3) is 0 Å². The molecular weight excluding hydrogens is 423 g/mol. The van der Waals surface area contributed by atoms with Crippen LogP contribution in [0.5, 0.6) is 0 Å². The van der Waals surface area contributed by atoms with Crippen LogP contribution >= 0.6 is 23.2 Å². The van der Waals surface area contributed by atoms with Gasteiger partial charge in [0.2, 0.25) is 17.7 Å². The third-order valence-corrected chi connectivity index (χ3v) is 7.39. The monoisotopic (exact) mass is 442 g/mol. The Kier molecular flexibility index (Phi) is 4.83. The zero-order chi connectivity index (χ0) is 21.0. The van der Waals surface area contributed by atoms with Gasteiger partial charge in [0, 0.05) is 5.02 Å². The molecule has 0 spiro atoms. The lowest BCUT2D eigenvalue weighted by atomic mass is 9.73. The Balaban J connectivity index is 1.31. The van der Waals surface area contributed by atoms with Gasteiger partial charge in [-0.15, -0.1) is 0 Å². The van der Waals surface area contributed by atoms with Gasteiger partial charge in [-0.05, 0) is 54.4 Å². The van der Waals surface area contributed by atoms with Crippen LogP contribution in [-0.2, 0) is 14.4 Å². The second-order valence-electron chi connectivity index (χ2n) is 8.40. The molecule has 0 unspecified atom stereocenters. The zero-order valence-corrected chi connectivity index (χ0v) is 17.6. The summed E-state index contributed by atoms with van der Waals surface area (Å²) in [6.45, 7) is -0.293. The van der Waals surface area contributed by atoms with Crippen molar-refractivity contribution in [2.75, 3.05) is 11.9 Å². The molecule has 154 valence electrons. The largest absolute Gasteiger partial charge is 0.323 e. The van der Waals surface area contributed by atoms with E-state index in [2.05, 4.69) is 17.4 Å². The number of nitrogens with one attached hydrogen (secondary N) is 1. The minimum absolute atomic E-state index is 0.164. The van der Waals surface area contributed by atoms with Gasteiger partial charge in [0.05, 0.1) is 22.5 Å². The van der Waals surface area contributed by atoms with Crippen LogP contribution < -0.4 is 5.32 Å². The Morgan fingerprint density at radius 1 is 1.00 bits per heavy atom. The fourth-order valence-electron chi connectivity index (χ4n) is 5.68. The minimum Gasteiger partial charge on any atom is -0.323 e. The molecule has 2 bridgehead atoms. The molecule has 5 nitrogen and oxygen atoms in total. The molecule has 2 aromatic rings. The molecule has 1 N–H and O–H groups in total. The van der Waals surface area contributed by atoms with Gasteiger partial charge < -0.3 is 5.32 Å². The van der Waals surface area contributed by atoms with E-state index in [-0.39, 0.29) is 42.0 Å². The van der Waals surface area contributed by atoms with E-state index in [4.69, 9.17) is 23.2 Å². The number of carbonyl (C=O) groups excluding carboxylic acids is 3. The van der Waals surface area contributed by atoms with Crippen molar-refractivity contribution in [2.24, 2.45) is 23.7 Å². The lowest BCUT2D eigenvalue weighted by molar-refractivity contribution is -0.143. The Hall–Kier alpha value is -2.37. The first-order chi connectivity index (χ1) is 14.4. The molecule has 5 atom stereocenters. The molecule has 1 saturated heterocycles. The summed E-state index contributed by atoms with van der Waals surface area (Å²) in [5, 5.41) is 3.43. The number of amides is 3. The first-order valence-electron chi connectivity index (χ1n) is 10.1. The standard InChI is InChI=1S/C23H20Cl2N2O3/c24-14-6-7-18(17(25)10-14)26-19(28)11-27-22(29)20-13-8-15(12-4-2-1-3-5-12)16(9-13)21(20)23(27)30/h1-7,10,13,15-16,20-21H,8-9,11H2,(H,26,28)/t13-,15-,16-,20+,21+/m0/s1. The number of fused-ring (bicyclic) bond motifs is 5. The van der Waals surface area contributed by atoms with E-state index >= 15 is 0 Å². The van der Waals surface area contributed by atoms with E-state index in [9.17, 15) is 14.4 Å². The van der Waals surface area contributed by atoms with Crippen molar-refractivity contribution in [3.05, 3.63) is 64.1 Å². The third kappa shape index (κ3) is 3.12. The number of benzene rings is 2. The van der Waals surface area contributed by atoms with Crippen molar-refractivity contribution in [1.82, 2.24) is 4.90 Å². The number of imide groups is 1. The molecule has 3 fully saturated rings. The predicted octanol–water partition coefficient (Wildman–Crippen LogP) is 4.36. The highest BCUT2D eigenvalue weighted by molar-refractivity contribution is 6.36. The second kappa shape index (κ2) is 7.40. The zero-order valence-electron chi connectivity index (χ0n) is 16.1. The Labute approximate surface area is 184 Å². The smallest absolute Gasteiger partial charge is 0.244 e. The van der Waals surface area contributed by atoms with Crippen molar-refractivity contribution < 1.29 is 14.4 Å². The van der Waals surface area contributed by atoms with Crippen molar-refractivity contribution >= 4 is 46.6 Å². The normalized spacial score (nSPS) is 29.4. The molecule has 2 aliphatic carbocycles. The number of carbonyl (C=O) groups is 3. The van der Waals surface area contributed by atoms with Crippen molar-refractivity contribution in [1.29, 1.82) is 0 Å². The van der Waals surface area contributed by atoms with Gasteiger partial charge >= 0.3 is 0 Å². The summed E-state index contributed by atoms with van der Waals surface area (Å²) in [6.07, 6.45) is 1.84. The van der Waals surface area contributed by atoms with Gasteiger partial charge in [-0.1, -0.05) is 53.5 Å². The maximum Gasteiger partial charge on any atom is 0.244 e. The molecule has 7 heteroatoms. The average Bonchev–Trinajstić information content (AvgIpc) is 3.39. The van der Waals surface area contributed by atoms with E-state index in [1.165, 1.54) is 11.6 Å². The van der Waals surface area contributed by atoms with Crippen LogP contribution in [0.15, 0.2) is 48.5 Å². The number of halogens is 2. The SMILES string of the molecule is O=C(CN1C(=O)[C@@H]2[C@@H]3C[C@H]([C@H]2C1=O)[C@H](c1ccccc1)C3)Nc1ccc(Cl)cc1Cl. The lowest BCUT2D eigenvalue weighted by Gasteiger charge is -2.28. The van der Waals surface area contributed by atoms with E-state index < -0.39 is 5.91 Å². The molecule has 3 aliphatic rings. The molecule has 0 radical (unpaired) electrons. The molecule has 2 saturated carbocycles. The summed E-state index contributed by atoms with van der Waals surface area (Å²) in [5.41, 5.74) is 1.63. The quantitative estimate of drug-likeness (QED) is 0.715. The van der Waals surface area contributed by atoms with Gasteiger partial charge in [0.25, 0.3) is 0 Å². The van der Waals surface area contributed by atoms with E-state index in [1.807, 2.05) is 18.2 Å². The van der Waals surface area contributed by atoms with Crippen LogP contribution in [0.3, 0.4) is 0 Å². The lowest BCUT2D eigenvalue weighted by Crippen LogP contribution is -2.39. The molecule has 5 rings (SSSR count). The molecular formula is C23H20Cl2N2O3. The molecule has 3 amide bonds. The molecule has 30 heavy (non-hydrogen) atoms. The Morgan fingerprint density at radius 2 is 1.73 bits per heavy atom. The Bertz CT molecular complexity index is 1040. The van der Waals surface area contributed by atoms with Gasteiger partial charge in [-0.2, -0.15) is 0 Å². The van der Waals surface area contributed by atoms with Crippen LogP contribution in [0, 0.1) is 23.7 Å². The van der Waals surface area contributed by atoms with Crippen LogP contribution in [0.2, 0.25) is 10.0 Å². The third-order valence-electron chi connectivity index (χ3n) is 6.84.